The Morgan fingerprint density at radius 3 is 2.44 bits per heavy atom. The molecule has 0 amide bonds. The Labute approximate surface area is 109 Å². The van der Waals surface area contributed by atoms with Gasteiger partial charge in [0.1, 0.15) is 0 Å². The zero-order valence-corrected chi connectivity index (χ0v) is 12.5. The molecule has 96 valence electrons. The molecule has 0 radical (unpaired) electrons. The van der Waals surface area contributed by atoms with Crippen molar-refractivity contribution in [3.8, 4) is 0 Å². The van der Waals surface area contributed by atoms with Gasteiger partial charge in [0.25, 0.3) is 0 Å². The first-order valence-corrected chi connectivity index (χ1v) is 8.05. The molecule has 0 aliphatic carbocycles. The highest BCUT2D eigenvalue weighted by atomic mass is 79.9. The van der Waals surface area contributed by atoms with Crippen LogP contribution in [0, 0.1) is 5.41 Å². The van der Waals surface area contributed by atoms with E-state index in [2.05, 4.69) is 29.8 Å². The quantitative estimate of drug-likeness (QED) is 0.455. The molecule has 0 spiro atoms. The number of hydrogen-bond donors (Lipinski definition) is 0. The Kier molecular flexibility index (Phi) is 6.98. The first-order chi connectivity index (χ1) is 7.75. The standard InChI is InChI=1S/C14H27BrO/c1-3-4-5-6-7-8-9-14(12-15)10-11-16-13(14)2/h13H,3-12H2,1-2H3. The molecule has 0 N–H and O–H groups in total. The molecular weight excluding hydrogens is 264 g/mol. The minimum Gasteiger partial charge on any atom is -0.378 e. The molecular formula is C14H27BrO. The summed E-state index contributed by atoms with van der Waals surface area (Å²) >= 11 is 3.69. The van der Waals surface area contributed by atoms with Gasteiger partial charge in [-0.25, -0.2) is 0 Å². The van der Waals surface area contributed by atoms with Crippen molar-refractivity contribution >= 4 is 15.9 Å². The minimum atomic E-state index is 0.435. The van der Waals surface area contributed by atoms with Crippen LogP contribution in [0.25, 0.3) is 0 Å². The third kappa shape index (κ3) is 4.03. The number of alkyl halides is 1. The van der Waals surface area contributed by atoms with Gasteiger partial charge in [0, 0.05) is 17.4 Å². The fraction of sp³-hybridized carbons (Fsp3) is 1.00. The molecule has 2 atom stereocenters. The van der Waals surface area contributed by atoms with Crippen LogP contribution in [-0.4, -0.2) is 18.0 Å². The van der Waals surface area contributed by atoms with Gasteiger partial charge >= 0.3 is 0 Å². The smallest absolute Gasteiger partial charge is 0.0612 e. The summed E-state index contributed by atoms with van der Waals surface area (Å²) in [4.78, 5) is 0. The van der Waals surface area contributed by atoms with Crippen molar-refractivity contribution in [3.05, 3.63) is 0 Å². The first-order valence-electron chi connectivity index (χ1n) is 6.93. The number of hydrogen-bond acceptors (Lipinski definition) is 1. The molecule has 1 rings (SSSR count). The van der Waals surface area contributed by atoms with Crippen molar-refractivity contribution in [2.24, 2.45) is 5.41 Å². The third-order valence-electron chi connectivity index (χ3n) is 4.12. The van der Waals surface area contributed by atoms with E-state index in [-0.39, 0.29) is 0 Å². The largest absolute Gasteiger partial charge is 0.378 e. The van der Waals surface area contributed by atoms with E-state index in [4.69, 9.17) is 4.74 Å². The van der Waals surface area contributed by atoms with Gasteiger partial charge < -0.3 is 4.74 Å². The predicted octanol–water partition coefficient (Wildman–Crippen LogP) is 4.93. The van der Waals surface area contributed by atoms with Gasteiger partial charge in [-0.3, -0.25) is 0 Å². The van der Waals surface area contributed by atoms with Crippen LogP contribution in [0.1, 0.15) is 65.2 Å². The van der Waals surface area contributed by atoms with Gasteiger partial charge in [0.05, 0.1) is 6.10 Å². The van der Waals surface area contributed by atoms with Gasteiger partial charge in [-0.1, -0.05) is 61.4 Å². The topological polar surface area (TPSA) is 9.23 Å². The molecule has 1 heterocycles. The van der Waals surface area contributed by atoms with Gasteiger partial charge in [0.2, 0.25) is 0 Å². The summed E-state index contributed by atoms with van der Waals surface area (Å²) in [7, 11) is 0. The molecule has 1 aliphatic rings. The van der Waals surface area contributed by atoms with E-state index in [1.54, 1.807) is 0 Å². The van der Waals surface area contributed by atoms with Crippen LogP contribution in [0.15, 0.2) is 0 Å². The van der Waals surface area contributed by atoms with Crippen molar-refractivity contribution in [1.29, 1.82) is 0 Å². The minimum absolute atomic E-state index is 0.435. The van der Waals surface area contributed by atoms with Crippen molar-refractivity contribution in [3.63, 3.8) is 0 Å². The van der Waals surface area contributed by atoms with E-state index in [0.717, 1.165) is 11.9 Å². The van der Waals surface area contributed by atoms with E-state index in [1.807, 2.05) is 0 Å². The van der Waals surface area contributed by atoms with Crippen molar-refractivity contribution in [1.82, 2.24) is 0 Å². The monoisotopic (exact) mass is 290 g/mol. The van der Waals surface area contributed by atoms with Gasteiger partial charge in [0.15, 0.2) is 0 Å². The van der Waals surface area contributed by atoms with Crippen LogP contribution in [0.2, 0.25) is 0 Å². The molecule has 16 heavy (non-hydrogen) atoms. The lowest BCUT2D eigenvalue weighted by Crippen LogP contribution is -2.30. The SMILES string of the molecule is CCCCCCCCC1(CBr)CCOC1C. The Hall–Kier alpha value is 0.440. The maximum Gasteiger partial charge on any atom is 0.0612 e. The summed E-state index contributed by atoms with van der Waals surface area (Å²) in [6.07, 6.45) is 11.4. The number of unbranched alkanes of at least 4 members (excludes halogenated alkanes) is 5. The van der Waals surface area contributed by atoms with E-state index >= 15 is 0 Å². The second kappa shape index (κ2) is 7.71. The fourth-order valence-electron chi connectivity index (χ4n) is 2.65. The van der Waals surface area contributed by atoms with E-state index < -0.39 is 0 Å². The maximum atomic E-state index is 5.73. The van der Waals surface area contributed by atoms with E-state index in [1.165, 1.54) is 51.4 Å². The number of halogens is 1. The van der Waals surface area contributed by atoms with E-state index in [9.17, 15) is 0 Å². The van der Waals surface area contributed by atoms with Crippen LogP contribution in [0.3, 0.4) is 0 Å². The molecule has 0 aromatic carbocycles. The molecule has 0 aromatic heterocycles. The Bertz CT molecular complexity index is 184. The Morgan fingerprint density at radius 2 is 1.88 bits per heavy atom. The predicted molar refractivity (Wildman–Crippen MR) is 74.3 cm³/mol. The van der Waals surface area contributed by atoms with Crippen molar-refractivity contribution in [2.45, 2.75) is 71.3 Å². The zero-order chi connectivity index (χ0) is 11.9. The lowest BCUT2D eigenvalue weighted by atomic mass is 9.79. The summed E-state index contributed by atoms with van der Waals surface area (Å²) in [6, 6.07) is 0. The van der Waals surface area contributed by atoms with Gasteiger partial charge in [-0.2, -0.15) is 0 Å². The van der Waals surface area contributed by atoms with E-state index in [0.29, 0.717) is 11.5 Å². The van der Waals surface area contributed by atoms with Crippen LogP contribution in [-0.2, 0) is 4.74 Å². The molecule has 2 unspecified atom stereocenters. The number of rotatable bonds is 8. The maximum absolute atomic E-state index is 5.73. The van der Waals surface area contributed by atoms with Crippen LogP contribution >= 0.6 is 15.9 Å². The first kappa shape index (κ1) is 14.5. The highest BCUT2D eigenvalue weighted by molar-refractivity contribution is 9.09. The molecule has 1 aliphatic heterocycles. The summed E-state index contributed by atoms with van der Waals surface area (Å²) < 4.78 is 5.73. The molecule has 1 fully saturated rings. The third-order valence-corrected chi connectivity index (χ3v) is 5.24. The van der Waals surface area contributed by atoms with Crippen LogP contribution < -0.4 is 0 Å². The molecule has 2 heteroatoms. The highest BCUT2D eigenvalue weighted by Crippen LogP contribution is 2.41. The summed E-state index contributed by atoms with van der Waals surface area (Å²) in [5.74, 6) is 0. The second-order valence-corrected chi connectivity index (χ2v) is 5.84. The highest BCUT2D eigenvalue weighted by Gasteiger charge is 2.39. The lowest BCUT2D eigenvalue weighted by Gasteiger charge is -2.30. The number of ether oxygens (including phenoxy) is 1. The van der Waals surface area contributed by atoms with Crippen LogP contribution in [0.4, 0.5) is 0 Å². The Balaban J connectivity index is 2.14. The molecule has 1 nitrogen and oxygen atoms in total. The second-order valence-electron chi connectivity index (χ2n) is 5.28. The summed E-state index contributed by atoms with van der Waals surface area (Å²) in [5.41, 5.74) is 0.435. The van der Waals surface area contributed by atoms with Gasteiger partial charge in [-0.05, 0) is 19.8 Å². The summed E-state index contributed by atoms with van der Waals surface area (Å²) in [6.45, 7) is 5.48. The normalized spacial score (nSPS) is 29.8. The summed E-state index contributed by atoms with van der Waals surface area (Å²) in [5, 5.41) is 1.11. The van der Waals surface area contributed by atoms with Crippen molar-refractivity contribution in [2.75, 3.05) is 11.9 Å². The molecule has 1 saturated heterocycles. The Morgan fingerprint density at radius 1 is 1.19 bits per heavy atom. The fourth-order valence-corrected chi connectivity index (χ4v) is 3.66. The molecule has 0 bridgehead atoms. The van der Waals surface area contributed by atoms with Crippen LogP contribution in [0.5, 0.6) is 0 Å². The van der Waals surface area contributed by atoms with Gasteiger partial charge in [-0.15, -0.1) is 0 Å². The zero-order valence-electron chi connectivity index (χ0n) is 10.9. The average Bonchev–Trinajstić information content (AvgIpc) is 2.66. The lowest BCUT2D eigenvalue weighted by molar-refractivity contribution is 0.0694. The molecule has 0 saturated carbocycles. The molecule has 0 aromatic rings. The average molecular weight is 291 g/mol. The van der Waals surface area contributed by atoms with Crippen molar-refractivity contribution < 1.29 is 4.74 Å².